The van der Waals surface area contributed by atoms with E-state index < -0.39 is 23.3 Å². The summed E-state index contributed by atoms with van der Waals surface area (Å²) in [7, 11) is 0. The van der Waals surface area contributed by atoms with Crippen molar-refractivity contribution in [1.82, 2.24) is 5.32 Å². The van der Waals surface area contributed by atoms with Gasteiger partial charge >= 0.3 is 6.03 Å². The Morgan fingerprint density at radius 3 is 2.64 bits per heavy atom. The fraction of sp³-hybridized carbons (Fsp3) is 0.267. The number of furan rings is 1. The highest BCUT2D eigenvalue weighted by Gasteiger charge is 2.27. The van der Waals surface area contributed by atoms with Crippen LogP contribution in [0.5, 0.6) is 0 Å². The van der Waals surface area contributed by atoms with Crippen molar-refractivity contribution in [2.75, 3.05) is 11.9 Å². The van der Waals surface area contributed by atoms with E-state index in [0.717, 1.165) is 12.1 Å². The van der Waals surface area contributed by atoms with Crippen molar-refractivity contribution in [1.29, 1.82) is 0 Å². The summed E-state index contributed by atoms with van der Waals surface area (Å²) in [6.07, 6.45) is 0. The zero-order valence-corrected chi connectivity index (χ0v) is 12.1. The Morgan fingerprint density at radius 2 is 2.05 bits per heavy atom. The second-order valence-corrected chi connectivity index (χ2v) is 5.12. The number of anilines is 1. The summed E-state index contributed by atoms with van der Waals surface area (Å²) in [5.41, 5.74) is -1.57. The number of nitrogens with one attached hydrogen (secondary N) is 2. The monoisotopic (exact) mass is 310 g/mol. The second-order valence-electron chi connectivity index (χ2n) is 5.12. The Morgan fingerprint density at radius 1 is 1.32 bits per heavy atom. The predicted molar refractivity (Wildman–Crippen MR) is 76.4 cm³/mol. The van der Waals surface area contributed by atoms with Crippen molar-refractivity contribution in [3.05, 3.63) is 53.5 Å². The van der Waals surface area contributed by atoms with Gasteiger partial charge in [0.1, 0.15) is 28.8 Å². The quantitative estimate of drug-likeness (QED) is 0.813. The first-order valence-corrected chi connectivity index (χ1v) is 6.57. The highest BCUT2D eigenvalue weighted by atomic mass is 19.1. The topological polar surface area (TPSA) is 74.5 Å². The number of benzene rings is 1. The number of carbonyl (C=O) groups excluding carboxylic acids is 1. The van der Waals surface area contributed by atoms with Gasteiger partial charge in [0.2, 0.25) is 0 Å². The van der Waals surface area contributed by atoms with E-state index >= 15 is 0 Å². The molecule has 1 atom stereocenters. The van der Waals surface area contributed by atoms with E-state index in [9.17, 15) is 18.7 Å². The lowest BCUT2D eigenvalue weighted by Gasteiger charge is -2.21. The van der Waals surface area contributed by atoms with Crippen LogP contribution in [0.15, 0.2) is 34.7 Å². The molecule has 0 fully saturated rings. The van der Waals surface area contributed by atoms with E-state index in [2.05, 4.69) is 10.6 Å². The molecule has 1 aromatic heterocycles. The standard InChI is InChI=1S/C15H16F2N2O3/c1-9-3-6-13(22-9)15(2,21)8-18-14(20)19-12-5-4-10(16)7-11(12)17/h3-7,21H,8H2,1-2H3,(H2,18,19,20). The second kappa shape index (κ2) is 6.15. The van der Waals surface area contributed by atoms with Gasteiger partial charge < -0.3 is 20.2 Å². The molecule has 1 unspecified atom stereocenters. The number of hydrogen-bond donors (Lipinski definition) is 3. The first kappa shape index (κ1) is 16.0. The molecular weight excluding hydrogens is 294 g/mol. The van der Waals surface area contributed by atoms with Gasteiger partial charge in [-0.25, -0.2) is 13.6 Å². The molecule has 118 valence electrons. The molecule has 5 nitrogen and oxygen atoms in total. The fourth-order valence-electron chi connectivity index (χ4n) is 1.82. The van der Waals surface area contributed by atoms with E-state index in [4.69, 9.17) is 4.42 Å². The van der Waals surface area contributed by atoms with E-state index in [-0.39, 0.29) is 12.2 Å². The largest absolute Gasteiger partial charge is 0.463 e. The lowest BCUT2D eigenvalue weighted by molar-refractivity contribution is 0.0364. The molecule has 3 N–H and O–H groups in total. The van der Waals surface area contributed by atoms with Gasteiger partial charge in [-0.3, -0.25) is 0 Å². The summed E-state index contributed by atoms with van der Waals surface area (Å²) >= 11 is 0. The van der Waals surface area contributed by atoms with E-state index in [1.165, 1.54) is 6.92 Å². The van der Waals surface area contributed by atoms with Crippen molar-refractivity contribution in [3.63, 3.8) is 0 Å². The number of rotatable bonds is 4. The molecule has 0 saturated heterocycles. The van der Waals surface area contributed by atoms with Crippen molar-refractivity contribution in [2.45, 2.75) is 19.4 Å². The third-order valence-electron chi connectivity index (χ3n) is 3.04. The molecule has 7 heteroatoms. The molecule has 1 heterocycles. The number of hydrogen-bond acceptors (Lipinski definition) is 3. The summed E-state index contributed by atoms with van der Waals surface area (Å²) in [5, 5.41) is 14.9. The molecule has 2 amide bonds. The lowest BCUT2D eigenvalue weighted by Crippen LogP contribution is -2.40. The van der Waals surface area contributed by atoms with Gasteiger partial charge in [-0.2, -0.15) is 0 Å². The Kier molecular flexibility index (Phi) is 4.46. The van der Waals surface area contributed by atoms with Crippen LogP contribution < -0.4 is 10.6 Å². The first-order valence-electron chi connectivity index (χ1n) is 6.57. The molecule has 1 aromatic carbocycles. The van der Waals surface area contributed by atoms with Crippen LogP contribution in [0.3, 0.4) is 0 Å². The number of urea groups is 1. The van der Waals surface area contributed by atoms with Gasteiger partial charge in [0.05, 0.1) is 12.2 Å². The van der Waals surface area contributed by atoms with Gasteiger partial charge in [-0.05, 0) is 38.1 Å². The minimum absolute atomic E-state index is 0.144. The van der Waals surface area contributed by atoms with Crippen LogP contribution in [0.2, 0.25) is 0 Å². The van der Waals surface area contributed by atoms with Gasteiger partial charge in [-0.15, -0.1) is 0 Å². The summed E-state index contributed by atoms with van der Waals surface area (Å²) in [6.45, 7) is 3.07. The first-order chi connectivity index (χ1) is 10.3. The third-order valence-corrected chi connectivity index (χ3v) is 3.04. The molecule has 22 heavy (non-hydrogen) atoms. The Labute approximate surface area is 125 Å². The Balaban J connectivity index is 1.95. The molecule has 0 radical (unpaired) electrons. The van der Waals surface area contributed by atoms with Gasteiger partial charge in [0.15, 0.2) is 0 Å². The molecule has 0 aliphatic carbocycles. The maximum atomic E-state index is 13.4. The molecule has 2 rings (SSSR count). The number of aliphatic hydroxyl groups is 1. The van der Waals surface area contributed by atoms with Crippen molar-refractivity contribution in [2.24, 2.45) is 0 Å². The predicted octanol–water partition coefficient (Wildman–Crippen LogP) is 2.90. The highest BCUT2D eigenvalue weighted by molar-refractivity contribution is 5.89. The number of aryl methyl sites for hydroxylation is 1. The van der Waals surface area contributed by atoms with Crippen LogP contribution >= 0.6 is 0 Å². The Hall–Kier alpha value is -2.41. The minimum atomic E-state index is -1.41. The van der Waals surface area contributed by atoms with Crippen LogP contribution in [0.25, 0.3) is 0 Å². The summed E-state index contributed by atoms with van der Waals surface area (Å²) in [4.78, 5) is 11.7. The molecule has 0 aliphatic heterocycles. The van der Waals surface area contributed by atoms with Crippen molar-refractivity contribution >= 4 is 11.7 Å². The van der Waals surface area contributed by atoms with Gasteiger partial charge in [0.25, 0.3) is 0 Å². The third kappa shape index (κ3) is 3.82. The van der Waals surface area contributed by atoms with Crippen molar-refractivity contribution in [3.8, 4) is 0 Å². The summed E-state index contributed by atoms with van der Waals surface area (Å²) < 4.78 is 31.5. The van der Waals surface area contributed by atoms with Crippen LogP contribution in [-0.2, 0) is 5.60 Å². The fourth-order valence-corrected chi connectivity index (χ4v) is 1.82. The average Bonchev–Trinajstić information content (AvgIpc) is 2.87. The minimum Gasteiger partial charge on any atom is -0.463 e. The number of carbonyl (C=O) groups is 1. The normalized spacial score (nSPS) is 13.5. The maximum absolute atomic E-state index is 13.4. The smallest absolute Gasteiger partial charge is 0.319 e. The van der Waals surface area contributed by atoms with Gasteiger partial charge in [-0.1, -0.05) is 0 Å². The van der Waals surface area contributed by atoms with Crippen LogP contribution in [-0.4, -0.2) is 17.7 Å². The molecule has 0 aliphatic rings. The summed E-state index contributed by atoms with van der Waals surface area (Å²) in [6, 6.07) is 5.37. The van der Waals surface area contributed by atoms with Crippen LogP contribution in [0.1, 0.15) is 18.4 Å². The van der Waals surface area contributed by atoms with Crippen LogP contribution in [0, 0.1) is 18.6 Å². The van der Waals surface area contributed by atoms with Crippen molar-refractivity contribution < 1.29 is 23.1 Å². The molecule has 0 saturated carbocycles. The van der Waals surface area contributed by atoms with Crippen LogP contribution in [0.4, 0.5) is 19.3 Å². The highest BCUT2D eigenvalue weighted by Crippen LogP contribution is 2.22. The van der Waals surface area contributed by atoms with E-state index in [1.54, 1.807) is 19.1 Å². The molecule has 0 spiro atoms. The SMILES string of the molecule is Cc1ccc(C(C)(O)CNC(=O)Nc2ccc(F)cc2F)o1. The number of amides is 2. The van der Waals surface area contributed by atoms with Gasteiger partial charge in [0, 0.05) is 6.07 Å². The zero-order valence-electron chi connectivity index (χ0n) is 12.1. The van der Waals surface area contributed by atoms with E-state index in [1.807, 2.05) is 0 Å². The average molecular weight is 310 g/mol. The lowest BCUT2D eigenvalue weighted by atomic mass is 10.0. The zero-order chi connectivity index (χ0) is 16.3. The molecule has 0 bridgehead atoms. The Bertz CT molecular complexity index is 683. The number of halogens is 2. The molecular formula is C15H16F2N2O3. The maximum Gasteiger partial charge on any atom is 0.319 e. The van der Waals surface area contributed by atoms with E-state index in [0.29, 0.717) is 17.6 Å². The summed E-state index contributed by atoms with van der Waals surface area (Å²) in [5.74, 6) is -0.686. The molecule has 2 aromatic rings.